The Kier molecular flexibility index (Phi) is 5.40. The molecule has 0 bridgehead atoms. The molecule has 0 heterocycles. The van der Waals surface area contributed by atoms with Crippen LogP contribution in [-0.2, 0) is 0 Å². The molecule has 1 N–H and O–H groups in total. The van der Waals surface area contributed by atoms with Crippen LogP contribution in [0.15, 0.2) is 28.7 Å². The molecule has 2 aromatic rings. The van der Waals surface area contributed by atoms with E-state index in [2.05, 4.69) is 21.2 Å². The summed E-state index contributed by atoms with van der Waals surface area (Å²) in [4.78, 5) is 30.4. The fourth-order valence-corrected chi connectivity index (χ4v) is 2.65. The summed E-state index contributed by atoms with van der Waals surface area (Å²) in [5, 5.41) is 36.1. The third-order valence-electron chi connectivity index (χ3n) is 2.96. The zero-order chi connectivity index (χ0) is 18.9. The average molecular weight is 452 g/mol. The number of rotatable bonds is 5. The van der Waals surface area contributed by atoms with Crippen LogP contribution < -0.4 is 5.32 Å². The van der Waals surface area contributed by atoms with E-state index >= 15 is 0 Å². The molecule has 0 amide bonds. The highest BCUT2D eigenvalue weighted by Gasteiger charge is 2.31. The van der Waals surface area contributed by atoms with Gasteiger partial charge in [0.1, 0.15) is 0 Å². The Morgan fingerprint density at radius 1 is 0.840 bits per heavy atom. The molecule has 2 aromatic carbocycles. The smallest absolute Gasteiger partial charge is 0.306 e. The van der Waals surface area contributed by atoms with Crippen LogP contribution in [0.1, 0.15) is 0 Å². The molecule has 0 saturated carbocycles. The van der Waals surface area contributed by atoms with Gasteiger partial charge in [-0.3, -0.25) is 30.3 Å². The van der Waals surface area contributed by atoms with Crippen LogP contribution in [0.25, 0.3) is 0 Å². The van der Waals surface area contributed by atoms with E-state index in [9.17, 15) is 30.3 Å². The number of halogens is 3. The van der Waals surface area contributed by atoms with Crippen molar-refractivity contribution in [2.24, 2.45) is 0 Å². The summed E-state index contributed by atoms with van der Waals surface area (Å²) >= 11 is 15.0. The summed E-state index contributed by atoms with van der Waals surface area (Å²) in [6.45, 7) is 0. The summed E-state index contributed by atoms with van der Waals surface area (Å²) in [7, 11) is 0. The summed E-state index contributed by atoms with van der Waals surface area (Å²) < 4.78 is 0.383. The molecule has 0 aliphatic carbocycles. The van der Waals surface area contributed by atoms with Gasteiger partial charge in [0.15, 0.2) is 5.69 Å². The van der Waals surface area contributed by atoms with Gasteiger partial charge in [-0.25, -0.2) is 0 Å². The minimum Gasteiger partial charge on any atom is -0.343 e. The Bertz CT molecular complexity index is 888. The van der Waals surface area contributed by atoms with E-state index in [1.54, 1.807) is 0 Å². The van der Waals surface area contributed by atoms with Crippen molar-refractivity contribution in [1.82, 2.24) is 0 Å². The summed E-state index contributed by atoms with van der Waals surface area (Å²) in [6, 6.07) is 3.92. The number of nitro groups is 3. The van der Waals surface area contributed by atoms with Crippen LogP contribution in [-0.4, -0.2) is 14.8 Å². The SMILES string of the molecule is O=[N+]([O-])c1cc([N+](=O)[O-])c(Nc2cc(Br)c(Cl)cc2Cl)c([N+](=O)[O-])c1. The second-order valence-corrected chi connectivity index (χ2v) is 6.17. The van der Waals surface area contributed by atoms with Gasteiger partial charge < -0.3 is 5.32 Å². The molecule has 0 radical (unpaired) electrons. The quantitative estimate of drug-likeness (QED) is 0.372. The van der Waals surface area contributed by atoms with E-state index in [1.165, 1.54) is 12.1 Å². The van der Waals surface area contributed by atoms with Gasteiger partial charge in [0, 0.05) is 4.47 Å². The Hall–Kier alpha value is -2.50. The molecule has 0 fully saturated rings. The minimum absolute atomic E-state index is 0.0372. The van der Waals surface area contributed by atoms with Crippen molar-refractivity contribution >= 4 is 67.6 Å². The fourth-order valence-electron chi connectivity index (χ4n) is 1.87. The van der Waals surface area contributed by atoms with Crippen molar-refractivity contribution < 1.29 is 14.8 Å². The van der Waals surface area contributed by atoms with Crippen molar-refractivity contribution in [1.29, 1.82) is 0 Å². The molecule has 0 spiro atoms. The third-order valence-corrected chi connectivity index (χ3v) is 4.47. The molecule has 0 aliphatic heterocycles. The van der Waals surface area contributed by atoms with Crippen LogP contribution in [0, 0.1) is 30.3 Å². The Morgan fingerprint density at radius 2 is 1.36 bits per heavy atom. The van der Waals surface area contributed by atoms with Gasteiger partial charge in [-0.05, 0) is 28.1 Å². The molecule has 10 nitrogen and oxygen atoms in total. The topological polar surface area (TPSA) is 141 Å². The van der Waals surface area contributed by atoms with Crippen LogP contribution in [0.3, 0.4) is 0 Å². The van der Waals surface area contributed by atoms with Gasteiger partial charge in [-0.2, -0.15) is 0 Å². The Labute approximate surface area is 156 Å². The van der Waals surface area contributed by atoms with Crippen molar-refractivity contribution in [3.8, 4) is 0 Å². The molecule has 130 valence electrons. The largest absolute Gasteiger partial charge is 0.343 e. The van der Waals surface area contributed by atoms with Crippen LogP contribution in [0.4, 0.5) is 28.4 Å². The van der Waals surface area contributed by atoms with Crippen LogP contribution in [0.2, 0.25) is 10.0 Å². The maximum Gasteiger partial charge on any atom is 0.306 e. The van der Waals surface area contributed by atoms with E-state index < -0.39 is 37.5 Å². The predicted octanol–water partition coefficient (Wildman–Crippen LogP) is 5.22. The number of nitrogens with one attached hydrogen (secondary N) is 1. The lowest BCUT2D eigenvalue weighted by Gasteiger charge is -2.10. The zero-order valence-electron chi connectivity index (χ0n) is 11.7. The number of nitro benzene ring substituents is 3. The van der Waals surface area contributed by atoms with Crippen molar-refractivity contribution in [2.75, 3.05) is 5.32 Å². The Balaban J connectivity index is 2.71. The molecule has 2 rings (SSSR count). The third kappa shape index (κ3) is 3.95. The summed E-state index contributed by atoms with van der Waals surface area (Å²) in [6.07, 6.45) is 0. The molecule has 0 saturated heterocycles. The molecule has 0 aliphatic rings. The molecule has 0 atom stereocenters. The second-order valence-electron chi connectivity index (χ2n) is 4.50. The number of hydrogen-bond acceptors (Lipinski definition) is 7. The van der Waals surface area contributed by atoms with E-state index in [0.717, 1.165) is 0 Å². The maximum atomic E-state index is 11.2. The Morgan fingerprint density at radius 3 is 1.80 bits per heavy atom. The highest BCUT2D eigenvalue weighted by molar-refractivity contribution is 9.10. The lowest BCUT2D eigenvalue weighted by molar-refractivity contribution is -0.401. The minimum atomic E-state index is -0.971. The second kappa shape index (κ2) is 7.17. The molecule has 0 unspecified atom stereocenters. The van der Waals surface area contributed by atoms with Gasteiger partial charge in [-0.15, -0.1) is 0 Å². The van der Waals surface area contributed by atoms with E-state index in [1.807, 2.05) is 0 Å². The van der Waals surface area contributed by atoms with Gasteiger partial charge in [-0.1, -0.05) is 23.2 Å². The molecular weight excluding hydrogens is 447 g/mol. The first-order valence-electron chi connectivity index (χ1n) is 6.14. The number of nitrogens with zero attached hydrogens (tertiary/aromatic N) is 3. The highest BCUT2D eigenvalue weighted by atomic mass is 79.9. The van der Waals surface area contributed by atoms with Gasteiger partial charge in [0.2, 0.25) is 0 Å². The number of non-ortho nitro benzene ring substituents is 1. The normalized spacial score (nSPS) is 10.4. The van der Waals surface area contributed by atoms with Crippen molar-refractivity contribution in [2.45, 2.75) is 0 Å². The monoisotopic (exact) mass is 450 g/mol. The van der Waals surface area contributed by atoms with Crippen LogP contribution in [0.5, 0.6) is 0 Å². The fraction of sp³-hybridized carbons (Fsp3) is 0. The number of benzene rings is 2. The zero-order valence-corrected chi connectivity index (χ0v) is 14.8. The first-order valence-corrected chi connectivity index (χ1v) is 7.69. The van der Waals surface area contributed by atoms with Crippen LogP contribution >= 0.6 is 39.1 Å². The lowest BCUT2D eigenvalue weighted by atomic mass is 10.2. The van der Waals surface area contributed by atoms with E-state index in [0.29, 0.717) is 16.6 Å². The number of anilines is 2. The average Bonchev–Trinajstić information content (AvgIpc) is 2.51. The lowest BCUT2D eigenvalue weighted by Crippen LogP contribution is -2.04. The van der Waals surface area contributed by atoms with Gasteiger partial charge >= 0.3 is 11.4 Å². The predicted molar refractivity (Wildman–Crippen MR) is 93.8 cm³/mol. The van der Waals surface area contributed by atoms with E-state index in [4.69, 9.17) is 23.2 Å². The molecule has 25 heavy (non-hydrogen) atoms. The molecular formula is C12H5BrCl2N4O6. The standard InChI is InChI=1S/C12H5BrCl2N4O6/c13-6-3-9(8(15)4-7(6)14)16-12-10(18(22)23)1-5(17(20)21)2-11(12)19(24)25/h1-4,16H. The number of hydrogen-bond donors (Lipinski definition) is 1. The first-order chi connectivity index (χ1) is 11.6. The molecule has 13 heteroatoms. The first kappa shape index (κ1) is 18.8. The van der Waals surface area contributed by atoms with E-state index in [-0.39, 0.29) is 15.7 Å². The van der Waals surface area contributed by atoms with Gasteiger partial charge in [0.25, 0.3) is 5.69 Å². The van der Waals surface area contributed by atoms with Gasteiger partial charge in [0.05, 0.1) is 42.6 Å². The summed E-state index contributed by atoms with van der Waals surface area (Å²) in [5.74, 6) is 0. The maximum absolute atomic E-state index is 11.2. The summed E-state index contributed by atoms with van der Waals surface area (Å²) in [5.41, 5.74) is -2.94. The van der Waals surface area contributed by atoms with Crippen molar-refractivity contribution in [3.05, 3.63) is 69.1 Å². The highest BCUT2D eigenvalue weighted by Crippen LogP contribution is 2.42. The van der Waals surface area contributed by atoms with Crippen molar-refractivity contribution in [3.63, 3.8) is 0 Å². The molecule has 0 aromatic heterocycles.